The Morgan fingerprint density at radius 2 is 1.76 bits per heavy atom. The van der Waals surface area contributed by atoms with Crippen LogP contribution in [-0.2, 0) is 12.8 Å². The van der Waals surface area contributed by atoms with Gasteiger partial charge in [-0.05, 0) is 54.7 Å². The number of aromatic nitrogens is 1. The summed E-state index contributed by atoms with van der Waals surface area (Å²) in [5, 5.41) is 1.67. The summed E-state index contributed by atoms with van der Waals surface area (Å²) in [5.74, 6) is -0.257. The van der Waals surface area contributed by atoms with E-state index in [9.17, 15) is 4.39 Å². The quantitative estimate of drug-likeness (QED) is 0.645. The molecule has 3 rings (SSSR count). The number of nitrogens with zero attached hydrogens (tertiary/aromatic N) is 1. The molecule has 0 N–H and O–H groups in total. The third-order valence-electron chi connectivity index (χ3n) is 3.64. The average molecular weight is 300 g/mol. The molecule has 0 bridgehead atoms. The molecular formula is C18H15ClFN. The van der Waals surface area contributed by atoms with Gasteiger partial charge in [-0.25, -0.2) is 4.39 Å². The molecule has 0 spiro atoms. The average Bonchev–Trinajstić information content (AvgIpc) is 2.50. The molecular weight excluding hydrogens is 285 g/mol. The first-order chi connectivity index (χ1) is 10.2. The number of rotatable bonds is 4. The summed E-state index contributed by atoms with van der Waals surface area (Å²) in [4.78, 5) is 4.13. The number of para-hydroxylation sites is 1. The summed E-state index contributed by atoms with van der Waals surface area (Å²) in [7, 11) is 0. The monoisotopic (exact) mass is 299 g/mol. The van der Waals surface area contributed by atoms with Gasteiger partial charge in [-0.3, -0.25) is 4.98 Å². The minimum absolute atomic E-state index is 0.257. The number of benzene rings is 2. The van der Waals surface area contributed by atoms with Crippen molar-refractivity contribution < 1.29 is 4.39 Å². The Kier molecular flexibility index (Phi) is 4.16. The Balaban J connectivity index is 1.73. The largest absolute Gasteiger partial charge is 0.253 e. The SMILES string of the molecule is Fc1cccc2c(CCCc3ccc(Cl)cc3)ccnc12. The molecule has 2 aromatic carbocycles. The molecule has 0 aliphatic heterocycles. The van der Waals surface area contributed by atoms with Gasteiger partial charge in [-0.2, -0.15) is 0 Å². The molecule has 0 aliphatic rings. The molecule has 0 fully saturated rings. The molecule has 0 amide bonds. The minimum Gasteiger partial charge on any atom is -0.253 e. The highest BCUT2D eigenvalue weighted by Gasteiger charge is 2.05. The summed E-state index contributed by atoms with van der Waals surface area (Å²) in [6, 6.07) is 15.0. The number of fused-ring (bicyclic) bond motifs is 1. The first kappa shape index (κ1) is 14.0. The van der Waals surface area contributed by atoms with Crippen LogP contribution in [0.4, 0.5) is 4.39 Å². The molecule has 106 valence electrons. The van der Waals surface area contributed by atoms with E-state index >= 15 is 0 Å². The van der Waals surface area contributed by atoms with E-state index < -0.39 is 0 Å². The lowest BCUT2D eigenvalue weighted by molar-refractivity contribution is 0.636. The summed E-state index contributed by atoms with van der Waals surface area (Å²) in [6.45, 7) is 0. The molecule has 0 atom stereocenters. The van der Waals surface area contributed by atoms with Gasteiger partial charge >= 0.3 is 0 Å². The van der Waals surface area contributed by atoms with Crippen molar-refractivity contribution >= 4 is 22.5 Å². The van der Waals surface area contributed by atoms with Crippen LogP contribution in [0.2, 0.25) is 5.02 Å². The van der Waals surface area contributed by atoms with Crippen molar-refractivity contribution in [2.24, 2.45) is 0 Å². The number of aryl methyl sites for hydroxylation is 2. The molecule has 0 aliphatic carbocycles. The molecule has 21 heavy (non-hydrogen) atoms. The third kappa shape index (κ3) is 3.22. The highest BCUT2D eigenvalue weighted by molar-refractivity contribution is 6.30. The molecule has 0 radical (unpaired) electrons. The van der Waals surface area contributed by atoms with E-state index in [1.807, 2.05) is 36.4 Å². The lowest BCUT2D eigenvalue weighted by atomic mass is 10.0. The summed E-state index contributed by atoms with van der Waals surface area (Å²) >= 11 is 5.88. The zero-order chi connectivity index (χ0) is 14.7. The van der Waals surface area contributed by atoms with Gasteiger partial charge in [-0.15, -0.1) is 0 Å². The van der Waals surface area contributed by atoms with Crippen molar-refractivity contribution in [2.45, 2.75) is 19.3 Å². The van der Waals surface area contributed by atoms with Crippen molar-refractivity contribution in [1.82, 2.24) is 4.98 Å². The van der Waals surface area contributed by atoms with E-state index in [1.165, 1.54) is 11.6 Å². The van der Waals surface area contributed by atoms with Crippen molar-refractivity contribution in [1.29, 1.82) is 0 Å². The summed E-state index contributed by atoms with van der Waals surface area (Å²) in [6.07, 6.45) is 4.59. The van der Waals surface area contributed by atoms with E-state index in [4.69, 9.17) is 11.6 Å². The van der Waals surface area contributed by atoms with Crippen molar-refractivity contribution in [2.75, 3.05) is 0 Å². The molecule has 1 heterocycles. The van der Waals surface area contributed by atoms with Crippen LogP contribution in [0.15, 0.2) is 54.7 Å². The third-order valence-corrected chi connectivity index (χ3v) is 3.89. The lowest BCUT2D eigenvalue weighted by Crippen LogP contribution is -1.94. The van der Waals surface area contributed by atoms with E-state index in [0.717, 1.165) is 35.2 Å². The van der Waals surface area contributed by atoms with Gasteiger partial charge in [-0.1, -0.05) is 35.9 Å². The molecule has 0 saturated heterocycles. The second kappa shape index (κ2) is 6.23. The highest BCUT2D eigenvalue weighted by Crippen LogP contribution is 2.21. The van der Waals surface area contributed by atoms with Gasteiger partial charge < -0.3 is 0 Å². The predicted octanol–water partition coefficient (Wildman–Crippen LogP) is 5.20. The first-order valence-electron chi connectivity index (χ1n) is 7.00. The molecule has 3 heteroatoms. The van der Waals surface area contributed by atoms with Gasteiger partial charge in [0.2, 0.25) is 0 Å². The fraction of sp³-hybridized carbons (Fsp3) is 0.167. The fourth-order valence-electron chi connectivity index (χ4n) is 2.55. The Labute approximate surface area is 128 Å². The number of hydrogen-bond acceptors (Lipinski definition) is 1. The smallest absolute Gasteiger partial charge is 0.149 e. The molecule has 1 nitrogen and oxygen atoms in total. The second-order valence-corrected chi connectivity index (χ2v) is 5.52. The van der Waals surface area contributed by atoms with Crippen LogP contribution in [0.5, 0.6) is 0 Å². The van der Waals surface area contributed by atoms with Gasteiger partial charge in [0, 0.05) is 16.6 Å². The fourth-order valence-corrected chi connectivity index (χ4v) is 2.68. The van der Waals surface area contributed by atoms with Gasteiger partial charge in [0.1, 0.15) is 11.3 Å². The van der Waals surface area contributed by atoms with Crippen LogP contribution in [-0.4, -0.2) is 4.98 Å². The first-order valence-corrected chi connectivity index (χ1v) is 7.38. The van der Waals surface area contributed by atoms with E-state index in [-0.39, 0.29) is 5.82 Å². The van der Waals surface area contributed by atoms with Gasteiger partial charge in [0.15, 0.2) is 0 Å². The Bertz CT molecular complexity index is 753. The number of hydrogen-bond donors (Lipinski definition) is 0. The maximum Gasteiger partial charge on any atom is 0.149 e. The van der Waals surface area contributed by atoms with E-state index in [2.05, 4.69) is 4.98 Å². The Hall–Kier alpha value is -1.93. The van der Waals surface area contributed by atoms with Crippen LogP contribution in [0.25, 0.3) is 10.9 Å². The van der Waals surface area contributed by atoms with Crippen molar-refractivity contribution in [3.05, 3.63) is 76.7 Å². The zero-order valence-electron chi connectivity index (χ0n) is 11.5. The Morgan fingerprint density at radius 3 is 2.57 bits per heavy atom. The molecule has 0 saturated carbocycles. The second-order valence-electron chi connectivity index (χ2n) is 5.09. The maximum atomic E-state index is 13.7. The number of pyridine rings is 1. The van der Waals surface area contributed by atoms with Crippen LogP contribution < -0.4 is 0 Å². The van der Waals surface area contributed by atoms with E-state index in [1.54, 1.807) is 12.3 Å². The topological polar surface area (TPSA) is 12.9 Å². The predicted molar refractivity (Wildman–Crippen MR) is 85.2 cm³/mol. The van der Waals surface area contributed by atoms with Crippen LogP contribution in [0.3, 0.4) is 0 Å². The summed E-state index contributed by atoms with van der Waals surface area (Å²) < 4.78 is 13.7. The van der Waals surface area contributed by atoms with Crippen molar-refractivity contribution in [3.8, 4) is 0 Å². The van der Waals surface area contributed by atoms with Gasteiger partial charge in [0.25, 0.3) is 0 Å². The van der Waals surface area contributed by atoms with E-state index in [0.29, 0.717) is 5.52 Å². The van der Waals surface area contributed by atoms with Crippen LogP contribution in [0, 0.1) is 5.82 Å². The zero-order valence-corrected chi connectivity index (χ0v) is 12.3. The lowest BCUT2D eigenvalue weighted by Gasteiger charge is -2.07. The van der Waals surface area contributed by atoms with Crippen LogP contribution in [0.1, 0.15) is 17.5 Å². The molecule has 0 unspecified atom stereocenters. The minimum atomic E-state index is -0.257. The highest BCUT2D eigenvalue weighted by atomic mass is 35.5. The maximum absolute atomic E-state index is 13.7. The number of halogens is 2. The Morgan fingerprint density at radius 1 is 0.952 bits per heavy atom. The normalized spacial score (nSPS) is 11.0. The standard InChI is InChI=1S/C18H15ClFN/c19-15-9-7-13(8-10-15)3-1-4-14-11-12-21-18-16(14)5-2-6-17(18)20/h2,5-12H,1,3-4H2. The van der Waals surface area contributed by atoms with Gasteiger partial charge in [0.05, 0.1) is 0 Å². The molecule has 3 aromatic rings. The van der Waals surface area contributed by atoms with Crippen LogP contribution >= 0.6 is 11.6 Å². The molecule has 1 aromatic heterocycles. The summed E-state index contributed by atoms with van der Waals surface area (Å²) in [5.41, 5.74) is 2.87. The van der Waals surface area contributed by atoms with Crippen molar-refractivity contribution in [3.63, 3.8) is 0 Å².